The Bertz CT molecular complexity index is 788. The summed E-state index contributed by atoms with van der Waals surface area (Å²) in [6.45, 7) is 1.18. The molecule has 1 aromatic heterocycles. The van der Waals surface area contributed by atoms with Crippen molar-refractivity contribution in [2.75, 3.05) is 6.61 Å². The lowest BCUT2D eigenvalue weighted by molar-refractivity contribution is -0.0354. The number of halogens is 3. The first kappa shape index (κ1) is 18.1. The van der Waals surface area contributed by atoms with Crippen LogP contribution in [0.4, 0.5) is 4.39 Å². The van der Waals surface area contributed by atoms with Crippen molar-refractivity contribution in [3.63, 3.8) is 0 Å². The molecule has 0 spiro atoms. The molecule has 8 heteroatoms. The van der Waals surface area contributed by atoms with Gasteiger partial charge >= 0.3 is 0 Å². The predicted molar refractivity (Wildman–Crippen MR) is 90.1 cm³/mol. The highest BCUT2D eigenvalue weighted by atomic mass is 35.5. The van der Waals surface area contributed by atoms with Crippen LogP contribution in [0.3, 0.4) is 0 Å². The molecule has 2 aromatic rings. The molecule has 5 nitrogen and oxygen atoms in total. The fraction of sp³-hybridized carbons (Fsp3) is 0.467. The molecule has 3 rings (SSSR count). The van der Waals surface area contributed by atoms with E-state index in [0.717, 1.165) is 0 Å². The Hall–Kier alpha value is -1.21. The zero-order valence-corrected chi connectivity index (χ0v) is 14.1. The van der Waals surface area contributed by atoms with E-state index in [-0.39, 0.29) is 36.8 Å². The van der Waals surface area contributed by atoms with Crippen molar-refractivity contribution in [2.24, 2.45) is 5.73 Å². The van der Waals surface area contributed by atoms with Crippen molar-refractivity contribution in [1.29, 1.82) is 0 Å². The lowest BCUT2D eigenvalue weighted by atomic mass is 9.77. The van der Waals surface area contributed by atoms with Crippen LogP contribution in [0.1, 0.15) is 37.7 Å². The Kier molecular flexibility index (Phi) is 5.01. The van der Waals surface area contributed by atoms with E-state index in [0.29, 0.717) is 21.7 Å². The molecule has 0 bridgehead atoms. The Balaban J connectivity index is 0.00000192. The minimum Gasteiger partial charge on any atom is -0.393 e. The van der Waals surface area contributed by atoms with Gasteiger partial charge in [0.25, 0.3) is 5.56 Å². The Morgan fingerprint density at radius 2 is 2.22 bits per heavy atom. The molecule has 1 unspecified atom stereocenters. The summed E-state index contributed by atoms with van der Waals surface area (Å²) < 4.78 is 15.4. The average Bonchev–Trinajstić information content (AvgIpc) is 2.44. The highest BCUT2D eigenvalue weighted by Crippen LogP contribution is 2.44. The van der Waals surface area contributed by atoms with Crippen molar-refractivity contribution in [1.82, 2.24) is 9.55 Å². The number of hydrogen-bond acceptors (Lipinski definition) is 4. The van der Waals surface area contributed by atoms with Gasteiger partial charge in [0.15, 0.2) is 0 Å². The summed E-state index contributed by atoms with van der Waals surface area (Å²) in [5.74, 6) is 0.407. The third-order valence-corrected chi connectivity index (χ3v) is 4.48. The lowest BCUT2D eigenvalue weighted by Gasteiger charge is -2.41. The molecule has 0 amide bonds. The largest absolute Gasteiger partial charge is 0.393 e. The molecule has 0 aliphatic heterocycles. The molecule has 1 heterocycles. The maximum atomic E-state index is 14.0. The van der Waals surface area contributed by atoms with Crippen LogP contribution in [0.2, 0.25) is 5.02 Å². The van der Waals surface area contributed by atoms with Gasteiger partial charge in [-0.05, 0) is 19.1 Å². The highest BCUT2D eigenvalue weighted by Gasteiger charge is 2.46. The van der Waals surface area contributed by atoms with Crippen molar-refractivity contribution in [3.05, 3.63) is 39.4 Å². The first-order valence-corrected chi connectivity index (χ1v) is 7.50. The van der Waals surface area contributed by atoms with Gasteiger partial charge in [-0.25, -0.2) is 9.37 Å². The van der Waals surface area contributed by atoms with Gasteiger partial charge in [-0.1, -0.05) is 17.7 Å². The van der Waals surface area contributed by atoms with Gasteiger partial charge in [0, 0.05) is 18.9 Å². The third kappa shape index (κ3) is 2.96. The minimum atomic E-state index is -1.63. The first-order chi connectivity index (χ1) is 10.4. The van der Waals surface area contributed by atoms with Gasteiger partial charge in [0.2, 0.25) is 0 Å². The quantitative estimate of drug-likeness (QED) is 0.879. The molecular formula is C15H18Cl2FN3O2. The van der Waals surface area contributed by atoms with Gasteiger partial charge in [-0.15, -0.1) is 12.4 Å². The normalized spacial score (nSPS) is 24.8. The number of fused-ring (bicyclic) bond motifs is 1. The van der Waals surface area contributed by atoms with E-state index in [2.05, 4.69) is 4.98 Å². The number of hydrogen-bond donors (Lipinski definition) is 2. The molecular weight excluding hydrogens is 344 g/mol. The third-order valence-electron chi connectivity index (χ3n) is 4.16. The summed E-state index contributed by atoms with van der Waals surface area (Å²) in [4.78, 5) is 17.2. The first-order valence-electron chi connectivity index (χ1n) is 7.12. The molecule has 0 saturated heterocycles. The zero-order chi connectivity index (χ0) is 16.1. The van der Waals surface area contributed by atoms with Crippen LogP contribution < -0.4 is 11.3 Å². The molecule has 1 aliphatic rings. The van der Waals surface area contributed by atoms with Crippen molar-refractivity contribution in [3.8, 4) is 0 Å². The van der Waals surface area contributed by atoms with Gasteiger partial charge < -0.3 is 10.8 Å². The molecule has 0 radical (unpaired) electrons. The lowest BCUT2D eigenvalue weighted by Crippen LogP contribution is -2.48. The van der Waals surface area contributed by atoms with Crippen molar-refractivity contribution in [2.45, 2.75) is 37.5 Å². The summed E-state index contributed by atoms with van der Waals surface area (Å²) in [6, 6.07) is 4.20. The van der Waals surface area contributed by atoms with Crippen LogP contribution in [-0.2, 0) is 0 Å². The molecule has 126 valence electrons. The second-order valence-electron chi connectivity index (χ2n) is 5.94. The highest BCUT2D eigenvalue weighted by molar-refractivity contribution is 6.35. The van der Waals surface area contributed by atoms with E-state index in [1.54, 1.807) is 25.1 Å². The zero-order valence-electron chi connectivity index (χ0n) is 12.5. The molecule has 23 heavy (non-hydrogen) atoms. The molecule has 1 fully saturated rings. The number of rotatable bonds is 3. The second-order valence-corrected chi connectivity index (χ2v) is 6.35. The number of aliphatic hydroxyl groups is 1. The standard InChI is InChI=1S/C15H17ClFN3O2.ClH/c1-8(18)13-19-11-4-2-3-10(16)12(11)14(22)20(13)9-5-15(17,6-9)7-21;/h2-4,8-9,21H,5-7,18H2,1H3;1H. The maximum Gasteiger partial charge on any atom is 0.263 e. The van der Waals surface area contributed by atoms with Crippen molar-refractivity contribution < 1.29 is 9.50 Å². The van der Waals surface area contributed by atoms with Gasteiger partial charge in [-0.3, -0.25) is 9.36 Å². The maximum absolute atomic E-state index is 14.0. The van der Waals surface area contributed by atoms with Crippen LogP contribution in [-0.4, -0.2) is 26.9 Å². The molecule has 1 atom stereocenters. The van der Waals surface area contributed by atoms with E-state index < -0.39 is 18.3 Å². The summed E-state index contributed by atoms with van der Waals surface area (Å²) in [5, 5.41) is 9.68. The summed E-state index contributed by atoms with van der Waals surface area (Å²) in [5.41, 5.74) is 4.47. The smallest absolute Gasteiger partial charge is 0.263 e. The van der Waals surface area contributed by atoms with Gasteiger partial charge in [0.05, 0.1) is 28.6 Å². The van der Waals surface area contributed by atoms with Crippen LogP contribution in [0.5, 0.6) is 0 Å². The molecule has 3 N–H and O–H groups in total. The number of alkyl halides is 1. The van der Waals surface area contributed by atoms with Crippen LogP contribution in [0, 0.1) is 0 Å². The van der Waals surface area contributed by atoms with Crippen LogP contribution in [0.25, 0.3) is 10.9 Å². The van der Waals surface area contributed by atoms with E-state index in [1.165, 1.54) is 4.57 Å². The average molecular weight is 362 g/mol. The van der Waals surface area contributed by atoms with Crippen LogP contribution >= 0.6 is 24.0 Å². The van der Waals surface area contributed by atoms with Gasteiger partial charge in [0.1, 0.15) is 11.5 Å². The molecule has 1 aliphatic carbocycles. The predicted octanol–water partition coefficient (Wildman–Crippen LogP) is 2.53. The number of nitrogens with two attached hydrogens (primary N) is 1. The van der Waals surface area contributed by atoms with E-state index in [9.17, 15) is 9.18 Å². The summed E-state index contributed by atoms with van der Waals surface area (Å²) in [7, 11) is 0. The number of nitrogens with zero attached hydrogens (tertiary/aromatic N) is 2. The second kappa shape index (κ2) is 6.36. The summed E-state index contributed by atoms with van der Waals surface area (Å²) >= 11 is 6.12. The van der Waals surface area contributed by atoms with Gasteiger partial charge in [-0.2, -0.15) is 0 Å². The number of aliphatic hydroxyl groups excluding tert-OH is 1. The Morgan fingerprint density at radius 1 is 1.57 bits per heavy atom. The number of benzene rings is 1. The SMILES string of the molecule is CC(N)c1nc2cccc(Cl)c2c(=O)n1C1CC(F)(CO)C1.Cl. The topological polar surface area (TPSA) is 81.1 Å². The fourth-order valence-electron chi connectivity index (χ4n) is 2.99. The monoisotopic (exact) mass is 361 g/mol. The van der Waals surface area contributed by atoms with Crippen molar-refractivity contribution >= 4 is 34.9 Å². The Labute approximate surface area is 143 Å². The Morgan fingerprint density at radius 3 is 2.78 bits per heavy atom. The van der Waals surface area contributed by atoms with Crippen LogP contribution in [0.15, 0.2) is 23.0 Å². The minimum absolute atomic E-state index is 0. The number of aromatic nitrogens is 2. The van der Waals surface area contributed by atoms with E-state index in [4.69, 9.17) is 22.4 Å². The van der Waals surface area contributed by atoms with E-state index in [1.807, 2.05) is 0 Å². The van der Waals surface area contributed by atoms with E-state index >= 15 is 0 Å². The summed E-state index contributed by atoms with van der Waals surface area (Å²) in [6.07, 6.45) is 0.140. The fourth-order valence-corrected chi connectivity index (χ4v) is 3.24. The molecule has 1 aromatic carbocycles. The molecule has 1 saturated carbocycles.